The summed E-state index contributed by atoms with van der Waals surface area (Å²) >= 11 is 0. The number of aromatic nitrogens is 2. The predicted octanol–water partition coefficient (Wildman–Crippen LogP) is 4.96. The Morgan fingerprint density at radius 1 is 1.15 bits per heavy atom. The van der Waals surface area contributed by atoms with Crippen LogP contribution < -0.4 is 11.2 Å². The Bertz CT molecular complexity index is 1100. The molecule has 2 heterocycles. The molecule has 3 atom stereocenters. The summed E-state index contributed by atoms with van der Waals surface area (Å²) in [7, 11) is -2.00. The number of H-pyrrole nitrogens is 1. The van der Waals surface area contributed by atoms with E-state index >= 15 is 0 Å². The largest absolute Gasteiger partial charge is 0.411 e. The molecule has 0 aliphatic carbocycles. The highest BCUT2D eigenvalue weighted by molar-refractivity contribution is 6.74. The van der Waals surface area contributed by atoms with Crippen LogP contribution in [0.1, 0.15) is 69.0 Å². The van der Waals surface area contributed by atoms with Gasteiger partial charge >= 0.3 is 5.69 Å². The number of benzene rings is 1. The van der Waals surface area contributed by atoms with E-state index in [9.17, 15) is 9.59 Å². The van der Waals surface area contributed by atoms with Crippen LogP contribution in [-0.2, 0) is 27.1 Å². The minimum atomic E-state index is -2.00. The lowest BCUT2D eigenvalue weighted by Gasteiger charge is -2.39. The number of aryl methyl sites for hydroxylation is 2. The molecular formula is C26H40N2O5Si. The standard InChI is InChI=1S/C26H40N2O5Si/c1-9-21-22(33-34(7,8)26(4,5)6)13-23(32-21)28-14-19(24(29)27-25(28)30)15-31-16-20-17(2)11-10-12-18(20)3/h10-12,14,21-23H,9,13,15-16H2,1-8H3,(H,27,29,30)/t21-,22-,23-/m1/s1. The first-order valence-electron chi connectivity index (χ1n) is 12.1. The van der Waals surface area contributed by atoms with Gasteiger partial charge in [-0.3, -0.25) is 14.3 Å². The van der Waals surface area contributed by atoms with Gasteiger partial charge in [0.15, 0.2) is 8.32 Å². The van der Waals surface area contributed by atoms with Gasteiger partial charge in [0.2, 0.25) is 0 Å². The lowest BCUT2D eigenvalue weighted by molar-refractivity contribution is -0.0201. The van der Waals surface area contributed by atoms with Gasteiger partial charge in [-0.25, -0.2) is 4.79 Å². The van der Waals surface area contributed by atoms with Gasteiger partial charge in [0.25, 0.3) is 5.56 Å². The molecule has 0 saturated carbocycles. The number of hydrogen-bond donors (Lipinski definition) is 1. The average Bonchev–Trinajstić information content (AvgIpc) is 3.12. The van der Waals surface area contributed by atoms with E-state index < -0.39 is 25.8 Å². The maximum absolute atomic E-state index is 12.7. The molecule has 2 aromatic rings. The fourth-order valence-electron chi connectivity index (χ4n) is 4.10. The number of ether oxygens (including phenoxy) is 2. The normalized spacial score (nSPS) is 21.2. The van der Waals surface area contributed by atoms with Crippen LogP contribution in [-0.4, -0.2) is 30.1 Å². The van der Waals surface area contributed by atoms with Crippen LogP contribution in [0.5, 0.6) is 0 Å². The highest BCUT2D eigenvalue weighted by Crippen LogP contribution is 2.41. The van der Waals surface area contributed by atoms with Crippen molar-refractivity contribution in [1.29, 1.82) is 0 Å². The Hall–Kier alpha value is -2.00. The van der Waals surface area contributed by atoms with Crippen molar-refractivity contribution in [2.75, 3.05) is 0 Å². The first kappa shape index (κ1) is 26.6. The van der Waals surface area contributed by atoms with E-state index in [4.69, 9.17) is 13.9 Å². The van der Waals surface area contributed by atoms with Crippen molar-refractivity contribution in [2.24, 2.45) is 0 Å². The molecule has 0 amide bonds. The average molecular weight is 489 g/mol. The van der Waals surface area contributed by atoms with Crippen LogP contribution in [0.2, 0.25) is 18.1 Å². The molecule has 3 rings (SSSR count). The first-order valence-corrected chi connectivity index (χ1v) is 15.1. The van der Waals surface area contributed by atoms with Crippen molar-refractivity contribution in [3.8, 4) is 0 Å². The Kier molecular flexibility index (Phi) is 8.07. The molecule has 1 aromatic carbocycles. The summed E-state index contributed by atoms with van der Waals surface area (Å²) < 4.78 is 20.3. The molecule has 1 fully saturated rings. The van der Waals surface area contributed by atoms with E-state index in [2.05, 4.69) is 45.8 Å². The maximum Gasteiger partial charge on any atom is 0.330 e. The molecule has 0 bridgehead atoms. The van der Waals surface area contributed by atoms with Gasteiger partial charge in [-0.15, -0.1) is 0 Å². The summed E-state index contributed by atoms with van der Waals surface area (Å²) in [5, 5.41) is 0.0815. The molecule has 1 aliphatic heterocycles. The summed E-state index contributed by atoms with van der Waals surface area (Å²) in [5.41, 5.74) is 2.91. The number of aromatic amines is 1. The minimum absolute atomic E-state index is 0.0815. The Morgan fingerprint density at radius 3 is 2.38 bits per heavy atom. The van der Waals surface area contributed by atoms with Gasteiger partial charge in [0, 0.05) is 12.6 Å². The number of rotatable bonds is 8. The third-order valence-electron chi connectivity index (χ3n) is 7.34. The monoisotopic (exact) mass is 488 g/mol. The molecule has 7 nitrogen and oxygen atoms in total. The highest BCUT2D eigenvalue weighted by atomic mass is 28.4. The van der Waals surface area contributed by atoms with Gasteiger partial charge < -0.3 is 13.9 Å². The zero-order chi connectivity index (χ0) is 25.3. The molecule has 34 heavy (non-hydrogen) atoms. The second-order valence-electron chi connectivity index (χ2n) is 10.9. The van der Waals surface area contributed by atoms with E-state index in [0.29, 0.717) is 18.6 Å². The van der Waals surface area contributed by atoms with E-state index in [0.717, 1.165) is 23.1 Å². The smallest absolute Gasteiger partial charge is 0.330 e. The van der Waals surface area contributed by atoms with Gasteiger partial charge in [-0.05, 0) is 55.1 Å². The van der Waals surface area contributed by atoms with Crippen LogP contribution >= 0.6 is 0 Å². The molecule has 188 valence electrons. The second-order valence-corrected chi connectivity index (χ2v) is 15.6. The molecule has 1 aromatic heterocycles. The molecule has 8 heteroatoms. The number of nitrogens with one attached hydrogen (secondary N) is 1. The summed E-state index contributed by atoms with van der Waals surface area (Å²) in [6, 6.07) is 6.10. The van der Waals surface area contributed by atoms with Crippen molar-refractivity contribution in [2.45, 2.75) is 104 Å². The zero-order valence-corrected chi connectivity index (χ0v) is 22.9. The van der Waals surface area contributed by atoms with Gasteiger partial charge in [0.05, 0.1) is 31.0 Å². The third kappa shape index (κ3) is 5.79. The molecular weight excluding hydrogens is 448 g/mol. The van der Waals surface area contributed by atoms with Crippen molar-refractivity contribution >= 4 is 8.32 Å². The third-order valence-corrected chi connectivity index (χ3v) is 11.8. The fourth-order valence-corrected chi connectivity index (χ4v) is 5.45. The highest BCUT2D eigenvalue weighted by Gasteiger charge is 2.44. The van der Waals surface area contributed by atoms with Crippen LogP contribution in [0.4, 0.5) is 0 Å². The number of nitrogens with zero attached hydrogens (tertiary/aromatic N) is 1. The minimum Gasteiger partial charge on any atom is -0.411 e. The Morgan fingerprint density at radius 2 is 1.79 bits per heavy atom. The molecule has 0 spiro atoms. The Labute approximate surface area is 203 Å². The molecule has 1 aliphatic rings. The van der Waals surface area contributed by atoms with Crippen molar-refractivity contribution in [3.05, 3.63) is 67.5 Å². The van der Waals surface area contributed by atoms with Gasteiger partial charge in [-0.2, -0.15) is 0 Å². The van der Waals surface area contributed by atoms with E-state index in [1.807, 2.05) is 32.0 Å². The van der Waals surface area contributed by atoms with E-state index in [-0.39, 0.29) is 23.9 Å². The second kappa shape index (κ2) is 10.3. The molecule has 1 N–H and O–H groups in total. The summed E-state index contributed by atoms with van der Waals surface area (Å²) in [6.45, 7) is 17.8. The van der Waals surface area contributed by atoms with Crippen molar-refractivity contribution < 1.29 is 13.9 Å². The van der Waals surface area contributed by atoms with Crippen LogP contribution in [0.25, 0.3) is 0 Å². The van der Waals surface area contributed by atoms with Crippen LogP contribution in [0, 0.1) is 13.8 Å². The fraction of sp³-hybridized carbons (Fsp3) is 0.615. The lowest BCUT2D eigenvalue weighted by Crippen LogP contribution is -2.45. The lowest BCUT2D eigenvalue weighted by atomic mass is 10.0. The summed E-state index contributed by atoms with van der Waals surface area (Å²) in [6.07, 6.45) is 2.28. The van der Waals surface area contributed by atoms with Crippen molar-refractivity contribution in [1.82, 2.24) is 9.55 Å². The molecule has 1 saturated heterocycles. The summed E-state index contributed by atoms with van der Waals surface area (Å²) in [4.78, 5) is 27.6. The molecule has 0 radical (unpaired) electrons. The van der Waals surface area contributed by atoms with Gasteiger partial charge in [-0.1, -0.05) is 45.9 Å². The molecule has 0 unspecified atom stereocenters. The quantitative estimate of drug-likeness (QED) is 0.531. The topological polar surface area (TPSA) is 82.5 Å². The maximum atomic E-state index is 12.7. The predicted molar refractivity (Wildman–Crippen MR) is 137 cm³/mol. The first-order chi connectivity index (χ1) is 15.8. The van der Waals surface area contributed by atoms with E-state index in [1.165, 1.54) is 4.57 Å². The Balaban J connectivity index is 1.76. The summed E-state index contributed by atoms with van der Waals surface area (Å²) in [5.74, 6) is 0. The van der Waals surface area contributed by atoms with Crippen LogP contribution in [0.15, 0.2) is 34.0 Å². The van der Waals surface area contributed by atoms with Crippen molar-refractivity contribution in [3.63, 3.8) is 0 Å². The SMILES string of the molecule is CC[C@H]1O[C@@H](n2cc(COCc3c(C)cccc3C)c(=O)[nH]c2=O)C[C@H]1O[Si](C)(C)C(C)(C)C. The van der Waals surface area contributed by atoms with Crippen LogP contribution in [0.3, 0.4) is 0 Å². The van der Waals surface area contributed by atoms with Gasteiger partial charge in [0.1, 0.15) is 6.23 Å². The number of hydrogen-bond acceptors (Lipinski definition) is 5. The zero-order valence-electron chi connectivity index (χ0n) is 21.9. The van der Waals surface area contributed by atoms with E-state index in [1.54, 1.807) is 6.20 Å².